The lowest BCUT2D eigenvalue weighted by Gasteiger charge is -2.46. The second kappa shape index (κ2) is 44.1. The largest absolute Gasteiger partial charge is 0.394 e. The van der Waals surface area contributed by atoms with Gasteiger partial charge >= 0.3 is 0 Å². The van der Waals surface area contributed by atoms with Gasteiger partial charge < -0.3 is 65.1 Å². The molecule has 0 spiro atoms. The van der Waals surface area contributed by atoms with Crippen molar-refractivity contribution in [1.29, 1.82) is 0 Å². The molecular formula is C58H105NO13. The lowest BCUT2D eigenvalue weighted by Crippen LogP contribution is -2.65. The van der Waals surface area contributed by atoms with E-state index in [1.807, 2.05) is 6.08 Å². The molecule has 0 aliphatic carbocycles. The molecule has 72 heavy (non-hydrogen) atoms. The minimum atomic E-state index is -1.79. The van der Waals surface area contributed by atoms with E-state index in [0.717, 1.165) is 38.5 Å². The molecule has 1 amide bonds. The van der Waals surface area contributed by atoms with Crippen molar-refractivity contribution in [1.82, 2.24) is 5.32 Å². The van der Waals surface area contributed by atoms with E-state index in [0.29, 0.717) is 12.8 Å². The molecule has 420 valence electrons. The summed E-state index contributed by atoms with van der Waals surface area (Å²) in [5.74, 6) is -0.252. The highest BCUT2D eigenvalue weighted by molar-refractivity contribution is 5.76. The van der Waals surface area contributed by atoms with Crippen LogP contribution in [0.3, 0.4) is 0 Å². The van der Waals surface area contributed by atoms with Crippen LogP contribution in [0.5, 0.6) is 0 Å². The molecule has 0 radical (unpaired) electrons. The number of unbranched alkanes of at least 4 members (excludes halogenated alkanes) is 26. The molecule has 0 saturated carbocycles. The molecule has 2 saturated heterocycles. The number of carbonyl (C=O) groups is 1. The highest BCUT2D eigenvalue weighted by atomic mass is 16.7. The van der Waals surface area contributed by atoms with Crippen molar-refractivity contribution in [2.45, 2.75) is 293 Å². The van der Waals surface area contributed by atoms with Gasteiger partial charge in [0.1, 0.15) is 48.8 Å². The predicted octanol–water partition coefficient (Wildman–Crippen LogP) is 9.22. The monoisotopic (exact) mass is 1020 g/mol. The third-order valence-electron chi connectivity index (χ3n) is 14.0. The van der Waals surface area contributed by atoms with Gasteiger partial charge in [0.15, 0.2) is 12.6 Å². The second-order valence-corrected chi connectivity index (χ2v) is 20.4. The molecule has 2 rings (SSSR count). The molecule has 2 aliphatic heterocycles. The Morgan fingerprint density at radius 3 is 1.44 bits per heavy atom. The second-order valence-electron chi connectivity index (χ2n) is 20.4. The van der Waals surface area contributed by atoms with Gasteiger partial charge in [0.05, 0.1) is 32.0 Å². The zero-order chi connectivity index (χ0) is 52.4. The first kappa shape index (κ1) is 66.1. The molecule has 2 heterocycles. The smallest absolute Gasteiger partial charge is 0.220 e. The van der Waals surface area contributed by atoms with Crippen molar-refractivity contribution >= 4 is 5.91 Å². The minimum absolute atomic E-state index is 0.252. The Hall–Kier alpha value is -2.05. The number of aliphatic hydroxyl groups excluding tert-OH is 8. The quantitative estimate of drug-likeness (QED) is 0.0205. The van der Waals surface area contributed by atoms with Crippen molar-refractivity contribution < 1.29 is 64.6 Å². The fraction of sp³-hybridized carbons (Fsp3) is 0.845. The molecule has 0 aromatic heterocycles. The minimum Gasteiger partial charge on any atom is -0.394 e. The summed E-state index contributed by atoms with van der Waals surface area (Å²) in [6.45, 7) is 2.76. The first-order valence-corrected chi connectivity index (χ1v) is 28.9. The topological polar surface area (TPSA) is 228 Å². The van der Waals surface area contributed by atoms with Crippen LogP contribution in [-0.2, 0) is 23.7 Å². The van der Waals surface area contributed by atoms with Crippen molar-refractivity contribution in [2.75, 3.05) is 19.8 Å². The van der Waals surface area contributed by atoms with Crippen molar-refractivity contribution in [3.05, 3.63) is 48.6 Å². The van der Waals surface area contributed by atoms with E-state index in [9.17, 15) is 45.6 Å². The summed E-state index contributed by atoms with van der Waals surface area (Å²) in [7, 11) is 0. The summed E-state index contributed by atoms with van der Waals surface area (Å²) >= 11 is 0. The average Bonchev–Trinajstić information content (AvgIpc) is 3.38. The molecule has 0 aromatic carbocycles. The van der Waals surface area contributed by atoms with E-state index in [2.05, 4.69) is 55.6 Å². The molecule has 0 aromatic rings. The molecule has 0 bridgehead atoms. The first-order valence-electron chi connectivity index (χ1n) is 28.9. The van der Waals surface area contributed by atoms with Gasteiger partial charge in [0.2, 0.25) is 5.91 Å². The maximum Gasteiger partial charge on any atom is 0.220 e. The molecule has 2 aliphatic rings. The van der Waals surface area contributed by atoms with Crippen LogP contribution < -0.4 is 5.32 Å². The first-order chi connectivity index (χ1) is 35.1. The summed E-state index contributed by atoms with van der Waals surface area (Å²) in [5.41, 5.74) is 0. The standard InChI is InChI=1S/C58H105NO13/c1-3-5-7-9-11-13-15-17-19-20-21-22-23-24-25-26-28-30-32-34-36-38-40-42-50(63)59-46(47(62)41-39-37-35-33-31-29-27-18-16-14-12-10-8-6-4-2)45-69-57-55(68)53(66)56(49(44-61)71-57)72-58-54(67)52(65)51(64)48(43-60)70-58/h15,17,20-21,31,33,39,41,46-49,51-58,60-62,64-68H,3-14,16,18-19,22-30,32,34-38,40,42-45H2,1-2H3,(H,59,63)/b17-15-,21-20-,33-31+,41-39+. The lowest BCUT2D eigenvalue weighted by molar-refractivity contribution is -0.359. The van der Waals surface area contributed by atoms with Gasteiger partial charge in [-0.2, -0.15) is 0 Å². The summed E-state index contributed by atoms with van der Waals surface area (Å²) in [5, 5.41) is 86.9. The van der Waals surface area contributed by atoms with Gasteiger partial charge in [-0.05, 0) is 64.2 Å². The molecule has 14 nitrogen and oxygen atoms in total. The van der Waals surface area contributed by atoms with Crippen LogP contribution in [0.25, 0.3) is 0 Å². The molecule has 12 unspecified atom stereocenters. The van der Waals surface area contributed by atoms with E-state index >= 15 is 0 Å². The Kier molecular flexibility index (Phi) is 40.5. The maximum atomic E-state index is 13.2. The van der Waals surface area contributed by atoms with E-state index < -0.39 is 86.8 Å². The van der Waals surface area contributed by atoms with Gasteiger partial charge in [0, 0.05) is 6.42 Å². The van der Waals surface area contributed by atoms with Crippen LogP contribution in [0, 0.1) is 0 Å². The molecular weight excluding hydrogens is 919 g/mol. The Morgan fingerprint density at radius 2 is 0.931 bits per heavy atom. The molecule has 14 heteroatoms. The van der Waals surface area contributed by atoms with Crippen LogP contribution in [0.1, 0.15) is 219 Å². The van der Waals surface area contributed by atoms with Gasteiger partial charge in [-0.15, -0.1) is 0 Å². The summed E-state index contributed by atoms with van der Waals surface area (Å²) in [6.07, 6.45) is 37.2. The fourth-order valence-electron chi connectivity index (χ4n) is 9.28. The van der Waals surface area contributed by atoms with Crippen LogP contribution in [-0.4, -0.2) is 140 Å². The highest BCUT2D eigenvalue weighted by Crippen LogP contribution is 2.30. The summed E-state index contributed by atoms with van der Waals surface area (Å²) < 4.78 is 22.7. The van der Waals surface area contributed by atoms with E-state index in [-0.39, 0.29) is 18.9 Å². The average molecular weight is 1020 g/mol. The van der Waals surface area contributed by atoms with Gasteiger partial charge in [0.25, 0.3) is 0 Å². The summed E-state index contributed by atoms with van der Waals surface area (Å²) in [6, 6.07) is -0.932. The summed E-state index contributed by atoms with van der Waals surface area (Å²) in [4.78, 5) is 13.2. The molecule has 9 N–H and O–H groups in total. The van der Waals surface area contributed by atoms with Crippen molar-refractivity contribution in [3.8, 4) is 0 Å². The number of ether oxygens (including phenoxy) is 4. The Balaban J connectivity index is 1.78. The number of allylic oxidation sites excluding steroid dienone is 7. The molecule has 12 atom stereocenters. The van der Waals surface area contributed by atoms with E-state index in [1.54, 1.807) is 6.08 Å². The van der Waals surface area contributed by atoms with Crippen LogP contribution in [0.15, 0.2) is 48.6 Å². The SMILES string of the molecule is CCCCCCC/C=C\C/C=C\CCCCCCCCCCCCCC(=O)NC(COC1OC(CO)C(OC2OC(CO)C(O)C(O)C2O)C(O)C1O)C(O)/C=C/CC/C=C/CCCCCCCCCCC. The zero-order valence-electron chi connectivity index (χ0n) is 44.9. The van der Waals surface area contributed by atoms with E-state index in [4.69, 9.17) is 18.9 Å². The number of nitrogens with one attached hydrogen (secondary N) is 1. The fourth-order valence-corrected chi connectivity index (χ4v) is 9.28. The Morgan fingerprint density at radius 1 is 0.500 bits per heavy atom. The van der Waals surface area contributed by atoms with Crippen LogP contribution in [0.2, 0.25) is 0 Å². The number of hydrogen-bond acceptors (Lipinski definition) is 13. The number of rotatable bonds is 45. The van der Waals surface area contributed by atoms with Crippen molar-refractivity contribution in [3.63, 3.8) is 0 Å². The number of aliphatic hydroxyl groups is 8. The van der Waals surface area contributed by atoms with Crippen LogP contribution in [0.4, 0.5) is 0 Å². The van der Waals surface area contributed by atoms with Gasteiger partial charge in [-0.1, -0.05) is 197 Å². The zero-order valence-corrected chi connectivity index (χ0v) is 44.9. The highest BCUT2D eigenvalue weighted by Gasteiger charge is 2.51. The van der Waals surface area contributed by atoms with Crippen LogP contribution >= 0.6 is 0 Å². The number of carbonyl (C=O) groups excluding carboxylic acids is 1. The van der Waals surface area contributed by atoms with Gasteiger partial charge in [-0.25, -0.2) is 0 Å². The Labute approximate surface area is 435 Å². The number of hydrogen-bond donors (Lipinski definition) is 9. The molecule has 2 fully saturated rings. The van der Waals surface area contributed by atoms with Crippen molar-refractivity contribution in [2.24, 2.45) is 0 Å². The number of amides is 1. The normalized spacial score (nSPS) is 25.9. The predicted molar refractivity (Wildman–Crippen MR) is 286 cm³/mol. The third kappa shape index (κ3) is 29.9. The Bertz CT molecular complexity index is 1390. The lowest BCUT2D eigenvalue weighted by atomic mass is 9.97. The van der Waals surface area contributed by atoms with E-state index in [1.165, 1.54) is 148 Å². The maximum absolute atomic E-state index is 13.2. The van der Waals surface area contributed by atoms with Gasteiger partial charge in [-0.3, -0.25) is 4.79 Å². The third-order valence-corrected chi connectivity index (χ3v) is 14.0.